The Bertz CT molecular complexity index is 34.9. The molecule has 0 aromatic carbocycles. The predicted octanol–water partition coefficient (Wildman–Crippen LogP) is 2.64. The van der Waals surface area contributed by atoms with E-state index in [2.05, 4.69) is 0 Å². The van der Waals surface area contributed by atoms with Crippen molar-refractivity contribution in [2.24, 2.45) is 0 Å². The maximum absolute atomic E-state index is 8.46. The minimum absolute atomic E-state index is 0. The monoisotopic (exact) mass is 214 g/mol. The van der Waals surface area contributed by atoms with Crippen LogP contribution in [0.2, 0.25) is 0 Å². The van der Waals surface area contributed by atoms with E-state index in [4.69, 9.17) is 9.46 Å². The quantitative estimate of drug-likeness (QED) is 0.383. The summed E-state index contributed by atoms with van der Waals surface area (Å²) in [5, 5.41) is 0. The summed E-state index contributed by atoms with van der Waals surface area (Å²) in [4.78, 5) is 6.99. The molecule has 0 aliphatic carbocycles. The molecular formula is C6H15O2PZn. The van der Waals surface area contributed by atoms with Gasteiger partial charge in [-0.3, -0.25) is 0 Å². The molecule has 58 valence electrons. The minimum Gasteiger partial charge on any atom is -0.335 e. The molecular weight excluding hydrogens is 200 g/mol. The molecule has 1 N–H and O–H groups in total. The molecule has 0 unspecified atom stereocenters. The Balaban J connectivity index is -0.0000000257. The summed E-state index contributed by atoms with van der Waals surface area (Å²) in [6.07, 6.45) is 4.00. The molecule has 0 fully saturated rings. The van der Waals surface area contributed by atoms with Gasteiger partial charge in [-0.25, -0.2) is 4.57 Å². The van der Waals surface area contributed by atoms with Crippen molar-refractivity contribution in [2.45, 2.75) is 27.7 Å². The van der Waals surface area contributed by atoms with Crippen molar-refractivity contribution in [1.82, 2.24) is 0 Å². The van der Waals surface area contributed by atoms with Gasteiger partial charge in [0.25, 0.3) is 0 Å². The predicted molar refractivity (Wildman–Crippen MR) is 41.1 cm³/mol. The standard InChI is InChI=1S/2C3H7.HO2P.Zn/c3*1-3-2;/h2*3H,1-2H3;(H,1,2);/q2*-1;;+2. The van der Waals surface area contributed by atoms with Gasteiger partial charge in [-0.05, 0) is 0 Å². The van der Waals surface area contributed by atoms with Gasteiger partial charge in [0.15, 0.2) is 0 Å². The largest absolute Gasteiger partial charge is 2.00 e. The first-order valence-electron chi connectivity index (χ1n) is 2.69. The smallest absolute Gasteiger partial charge is 0.335 e. The van der Waals surface area contributed by atoms with E-state index in [1.165, 1.54) is 0 Å². The van der Waals surface area contributed by atoms with Crippen molar-refractivity contribution < 1.29 is 28.9 Å². The topological polar surface area (TPSA) is 37.3 Å². The molecule has 0 amide bonds. The number of hydrogen-bond acceptors (Lipinski definition) is 1. The third-order valence-corrected chi connectivity index (χ3v) is 0. The van der Waals surface area contributed by atoms with E-state index in [0.717, 1.165) is 0 Å². The second kappa shape index (κ2) is 53.8. The Morgan fingerprint density at radius 3 is 1.10 bits per heavy atom. The zero-order chi connectivity index (χ0) is 8.12. The van der Waals surface area contributed by atoms with E-state index in [1.807, 2.05) is 40.5 Å². The second-order valence-electron chi connectivity index (χ2n) is 1.24. The van der Waals surface area contributed by atoms with Crippen LogP contribution in [0.3, 0.4) is 0 Å². The first-order valence-corrected chi connectivity index (χ1v) is 3.46. The Morgan fingerprint density at radius 2 is 1.10 bits per heavy atom. The van der Waals surface area contributed by atoms with Crippen LogP contribution in [0.15, 0.2) is 0 Å². The van der Waals surface area contributed by atoms with E-state index in [9.17, 15) is 0 Å². The molecule has 0 saturated carbocycles. The molecule has 0 rings (SSSR count). The average Bonchev–Trinajstić information content (AvgIpc) is 1.70. The Morgan fingerprint density at radius 1 is 1.10 bits per heavy atom. The van der Waals surface area contributed by atoms with Gasteiger partial charge in [0.2, 0.25) is 0 Å². The molecule has 0 heterocycles. The third kappa shape index (κ3) is 1100. The number of hydrogen-bond donors (Lipinski definition) is 1. The van der Waals surface area contributed by atoms with Gasteiger partial charge in [-0.15, -0.1) is 0 Å². The Kier molecular flexibility index (Phi) is 121. The van der Waals surface area contributed by atoms with Crippen LogP contribution in [0.25, 0.3) is 0 Å². The van der Waals surface area contributed by atoms with Gasteiger partial charge in [0.1, 0.15) is 0 Å². The molecule has 10 heavy (non-hydrogen) atoms. The maximum atomic E-state index is 8.46. The molecule has 0 atom stereocenters. The molecule has 0 aromatic heterocycles. The van der Waals surface area contributed by atoms with Crippen LogP contribution in [0.1, 0.15) is 27.7 Å². The van der Waals surface area contributed by atoms with Gasteiger partial charge in [0, 0.05) is 0 Å². The van der Waals surface area contributed by atoms with Crippen molar-refractivity contribution in [1.29, 1.82) is 0 Å². The number of rotatable bonds is 0. The van der Waals surface area contributed by atoms with E-state index < -0.39 is 8.69 Å². The van der Waals surface area contributed by atoms with Crippen molar-refractivity contribution >= 4 is 8.69 Å². The minimum atomic E-state index is -0.833. The van der Waals surface area contributed by atoms with E-state index in [1.54, 1.807) is 0 Å². The van der Waals surface area contributed by atoms with Crippen molar-refractivity contribution in [3.05, 3.63) is 12.8 Å². The van der Waals surface area contributed by atoms with Crippen molar-refractivity contribution in [3.8, 4) is 0 Å². The van der Waals surface area contributed by atoms with Crippen LogP contribution in [0.5, 0.6) is 0 Å². The van der Waals surface area contributed by atoms with Gasteiger partial charge in [-0.2, -0.15) is 27.7 Å². The van der Waals surface area contributed by atoms with Crippen LogP contribution >= 0.6 is 8.69 Å². The molecule has 0 radical (unpaired) electrons. The zero-order valence-corrected chi connectivity index (χ0v) is 11.0. The van der Waals surface area contributed by atoms with Crippen LogP contribution in [-0.4, -0.2) is 4.89 Å². The molecule has 0 saturated heterocycles. The summed E-state index contributed by atoms with van der Waals surface area (Å²) in [5.41, 5.74) is 0. The summed E-state index contributed by atoms with van der Waals surface area (Å²) < 4.78 is 8.46. The summed E-state index contributed by atoms with van der Waals surface area (Å²) in [6.45, 7) is 8.00. The molecule has 2 nitrogen and oxygen atoms in total. The van der Waals surface area contributed by atoms with Crippen molar-refractivity contribution in [2.75, 3.05) is 0 Å². The first kappa shape index (κ1) is 22.4. The Hall–Kier alpha value is 0.683. The molecule has 0 aromatic rings. The van der Waals surface area contributed by atoms with Gasteiger partial charge in [-0.1, -0.05) is 0 Å². The van der Waals surface area contributed by atoms with Crippen LogP contribution in [0, 0.1) is 12.8 Å². The van der Waals surface area contributed by atoms with Gasteiger partial charge in [0.05, 0.1) is 0 Å². The summed E-state index contributed by atoms with van der Waals surface area (Å²) in [5.74, 6) is 0. The molecule has 0 bridgehead atoms. The van der Waals surface area contributed by atoms with E-state index >= 15 is 0 Å². The average molecular weight is 216 g/mol. The SMILES string of the molecule is C[CH-]C.C[CH-]C.O=PO.[Zn+2]. The van der Waals surface area contributed by atoms with Crippen molar-refractivity contribution in [3.63, 3.8) is 0 Å². The molecule has 0 spiro atoms. The third-order valence-electron chi connectivity index (χ3n) is 0. The molecule has 0 aliphatic rings. The fraction of sp³-hybridized carbons (Fsp3) is 0.667. The van der Waals surface area contributed by atoms with Gasteiger partial charge < -0.3 is 17.7 Å². The zero-order valence-electron chi connectivity index (χ0n) is 7.16. The fourth-order valence-corrected chi connectivity index (χ4v) is 0. The molecule has 0 aliphatic heterocycles. The summed E-state index contributed by atoms with van der Waals surface area (Å²) >= 11 is 0. The second-order valence-corrected chi connectivity index (χ2v) is 1.40. The fourth-order valence-electron chi connectivity index (χ4n) is 0. The van der Waals surface area contributed by atoms with Crippen LogP contribution in [0.4, 0.5) is 0 Å². The van der Waals surface area contributed by atoms with E-state index in [-0.39, 0.29) is 19.5 Å². The molecule has 4 heteroatoms. The van der Waals surface area contributed by atoms with Crippen LogP contribution in [-0.2, 0) is 24.0 Å². The maximum Gasteiger partial charge on any atom is 2.00 e. The Labute approximate surface area is 78.5 Å². The van der Waals surface area contributed by atoms with Crippen LogP contribution < -0.4 is 0 Å². The first-order chi connectivity index (χ1) is 4.24. The summed E-state index contributed by atoms with van der Waals surface area (Å²) in [6, 6.07) is 0. The van der Waals surface area contributed by atoms with Gasteiger partial charge >= 0.3 is 28.2 Å². The summed E-state index contributed by atoms with van der Waals surface area (Å²) in [7, 11) is -0.833. The normalized spacial score (nSPS) is 5.70. The van der Waals surface area contributed by atoms with E-state index in [0.29, 0.717) is 0 Å².